The molecule has 0 aromatic heterocycles. The number of nitrogens with zero attached hydrogens (tertiary/aromatic N) is 1. The van der Waals surface area contributed by atoms with Crippen LogP contribution in [0.5, 0.6) is 0 Å². The zero-order valence-corrected chi connectivity index (χ0v) is 9.25. The van der Waals surface area contributed by atoms with Crippen molar-refractivity contribution < 1.29 is 4.74 Å². The van der Waals surface area contributed by atoms with Gasteiger partial charge in [-0.05, 0) is 25.9 Å². The van der Waals surface area contributed by atoms with E-state index in [0.29, 0.717) is 12.6 Å². The maximum atomic E-state index is 5.70. The van der Waals surface area contributed by atoms with Crippen LogP contribution in [0.15, 0.2) is 0 Å². The molecule has 3 heteroatoms. The van der Waals surface area contributed by atoms with Crippen molar-refractivity contribution in [3.63, 3.8) is 0 Å². The van der Waals surface area contributed by atoms with Gasteiger partial charge in [-0.25, -0.2) is 0 Å². The van der Waals surface area contributed by atoms with Crippen molar-refractivity contribution in [3.8, 4) is 0 Å². The van der Waals surface area contributed by atoms with Gasteiger partial charge in [0.1, 0.15) is 0 Å². The molecule has 2 N–H and O–H groups in total. The van der Waals surface area contributed by atoms with Crippen molar-refractivity contribution in [2.75, 3.05) is 33.4 Å². The Morgan fingerprint density at radius 2 is 1.77 bits per heavy atom. The van der Waals surface area contributed by atoms with Gasteiger partial charge in [-0.15, -0.1) is 0 Å². The molecular formula is C10H24N2O. The quantitative estimate of drug-likeness (QED) is 0.619. The average molecular weight is 188 g/mol. The van der Waals surface area contributed by atoms with Crippen molar-refractivity contribution >= 4 is 0 Å². The summed E-state index contributed by atoms with van der Waals surface area (Å²) in [4.78, 5) is 2.42. The van der Waals surface area contributed by atoms with Crippen molar-refractivity contribution in [2.45, 2.75) is 32.7 Å². The van der Waals surface area contributed by atoms with Crippen LogP contribution in [0.2, 0.25) is 0 Å². The molecule has 0 rings (SSSR count). The van der Waals surface area contributed by atoms with E-state index in [0.717, 1.165) is 19.7 Å². The molecule has 0 radical (unpaired) electrons. The highest BCUT2D eigenvalue weighted by atomic mass is 16.5. The first kappa shape index (κ1) is 12.9. The maximum Gasteiger partial charge on any atom is 0.0630 e. The molecule has 0 aliphatic heterocycles. The van der Waals surface area contributed by atoms with Crippen LogP contribution in [0.1, 0.15) is 26.7 Å². The van der Waals surface area contributed by atoms with Gasteiger partial charge in [0, 0.05) is 19.7 Å². The molecular weight excluding hydrogens is 164 g/mol. The molecule has 0 aromatic rings. The molecule has 0 bridgehead atoms. The third-order valence-corrected chi connectivity index (χ3v) is 2.17. The fourth-order valence-corrected chi connectivity index (χ4v) is 1.57. The van der Waals surface area contributed by atoms with Gasteiger partial charge in [-0.1, -0.05) is 13.8 Å². The molecule has 3 nitrogen and oxygen atoms in total. The van der Waals surface area contributed by atoms with E-state index in [2.05, 4.69) is 18.7 Å². The average Bonchev–Trinajstić information content (AvgIpc) is 2.14. The normalized spacial score (nSPS) is 13.6. The molecule has 1 unspecified atom stereocenters. The zero-order valence-electron chi connectivity index (χ0n) is 9.25. The van der Waals surface area contributed by atoms with Crippen LogP contribution >= 0.6 is 0 Å². The zero-order chi connectivity index (χ0) is 10.1. The first-order valence-electron chi connectivity index (χ1n) is 5.23. The summed E-state index contributed by atoms with van der Waals surface area (Å²) in [6, 6.07) is 0.393. The fraction of sp³-hybridized carbons (Fsp3) is 1.00. The monoisotopic (exact) mass is 188 g/mol. The Labute approximate surface area is 82.2 Å². The van der Waals surface area contributed by atoms with Gasteiger partial charge in [0.15, 0.2) is 0 Å². The van der Waals surface area contributed by atoms with Crippen molar-refractivity contribution in [1.29, 1.82) is 0 Å². The summed E-state index contributed by atoms with van der Waals surface area (Å²) in [6.45, 7) is 8.08. The summed E-state index contributed by atoms with van der Waals surface area (Å²) in [6.07, 6.45) is 2.36. The second kappa shape index (κ2) is 8.48. The lowest BCUT2D eigenvalue weighted by atomic mass is 10.2. The van der Waals surface area contributed by atoms with Crippen LogP contribution < -0.4 is 5.73 Å². The van der Waals surface area contributed by atoms with E-state index >= 15 is 0 Å². The highest BCUT2D eigenvalue weighted by Crippen LogP contribution is 2.01. The van der Waals surface area contributed by atoms with E-state index in [-0.39, 0.29) is 0 Å². The topological polar surface area (TPSA) is 38.5 Å². The fourth-order valence-electron chi connectivity index (χ4n) is 1.57. The minimum atomic E-state index is 0.393. The summed E-state index contributed by atoms with van der Waals surface area (Å²) in [5, 5.41) is 0. The summed E-state index contributed by atoms with van der Waals surface area (Å²) in [5.41, 5.74) is 5.70. The van der Waals surface area contributed by atoms with Crippen LogP contribution in [0, 0.1) is 0 Å². The third-order valence-electron chi connectivity index (χ3n) is 2.17. The van der Waals surface area contributed by atoms with Gasteiger partial charge in [0.25, 0.3) is 0 Å². The Morgan fingerprint density at radius 1 is 1.23 bits per heavy atom. The Hall–Kier alpha value is -0.120. The molecule has 13 heavy (non-hydrogen) atoms. The van der Waals surface area contributed by atoms with E-state index in [9.17, 15) is 0 Å². The summed E-state index contributed by atoms with van der Waals surface area (Å²) in [7, 11) is 1.73. The highest BCUT2D eigenvalue weighted by molar-refractivity contribution is 4.71. The Balaban J connectivity index is 3.94. The summed E-state index contributed by atoms with van der Waals surface area (Å²) < 4.78 is 5.15. The van der Waals surface area contributed by atoms with Crippen LogP contribution in [0.4, 0.5) is 0 Å². The van der Waals surface area contributed by atoms with Gasteiger partial charge in [0.2, 0.25) is 0 Å². The molecule has 0 aliphatic rings. The number of methoxy groups -OCH3 is 1. The lowest BCUT2D eigenvalue weighted by Crippen LogP contribution is -2.44. The Kier molecular flexibility index (Phi) is 8.40. The number of nitrogens with two attached hydrogens (primary N) is 1. The Bertz CT molecular complexity index is 103. The van der Waals surface area contributed by atoms with Gasteiger partial charge < -0.3 is 10.5 Å². The minimum Gasteiger partial charge on any atom is -0.383 e. The van der Waals surface area contributed by atoms with Gasteiger partial charge >= 0.3 is 0 Å². The van der Waals surface area contributed by atoms with Crippen LogP contribution in [-0.4, -0.2) is 44.3 Å². The van der Waals surface area contributed by atoms with Gasteiger partial charge in [-0.3, -0.25) is 4.90 Å². The molecule has 0 saturated carbocycles. The number of hydrogen-bond donors (Lipinski definition) is 1. The first-order chi connectivity index (χ1) is 6.29. The molecule has 0 fully saturated rings. The van der Waals surface area contributed by atoms with E-state index in [1.807, 2.05) is 0 Å². The van der Waals surface area contributed by atoms with E-state index < -0.39 is 0 Å². The van der Waals surface area contributed by atoms with E-state index in [4.69, 9.17) is 10.5 Å². The third kappa shape index (κ3) is 5.24. The molecule has 80 valence electrons. The van der Waals surface area contributed by atoms with Crippen LogP contribution in [0.25, 0.3) is 0 Å². The highest BCUT2D eigenvalue weighted by Gasteiger charge is 2.14. The second-order valence-electron chi connectivity index (χ2n) is 3.38. The predicted molar refractivity (Wildman–Crippen MR) is 56.9 cm³/mol. The Morgan fingerprint density at radius 3 is 2.08 bits per heavy atom. The number of rotatable bonds is 8. The lowest BCUT2D eigenvalue weighted by molar-refractivity contribution is 0.0937. The van der Waals surface area contributed by atoms with Crippen LogP contribution in [0.3, 0.4) is 0 Å². The summed E-state index contributed by atoms with van der Waals surface area (Å²) in [5.74, 6) is 0. The van der Waals surface area contributed by atoms with Crippen molar-refractivity contribution in [1.82, 2.24) is 4.90 Å². The molecule has 0 heterocycles. The van der Waals surface area contributed by atoms with Gasteiger partial charge in [0.05, 0.1) is 6.61 Å². The van der Waals surface area contributed by atoms with Crippen LogP contribution in [-0.2, 0) is 4.74 Å². The number of ether oxygens (including phenoxy) is 1. The molecule has 0 aromatic carbocycles. The molecule has 0 saturated heterocycles. The SMILES string of the molecule is CCCN(CCC)C(CN)COC. The van der Waals surface area contributed by atoms with Gasteiger partial charge in [-0.2, -0.15) is 0 Å². The predicted octanol–water partition coefficient (Wildman–Crippen LogP) is 1.08. The standard InChI is InChI=1S/C10H24N2O/c1-4-6-12(7-5-2)10(8-11)9-13-3/h10H,4-9,11H2,1-3H3. The molecule has 0 amide bonds. The first-order valence-corrected chi connectivity index (χ1v) is 5.23. The van der Waals surface area contributed by atoms with Crippen molar-refractivity contribution in [2.24, 2.45) is 5.73 Å². The maximum absolute atomic E-state index is 5.70. The smallest absolute Gasteiger partial charge is 0.0630 e. The second-order valence-corrected chi connectivity index (χ2v) is 3.38. The van der Waals surface area contributed by atoms with E-state index in [1.54, 1.807) is 7.11 Å². The molecule has 1 atom stereocenters. The van der Waals surface area contributed by atoms with E-state index in [1.165, 1.54) is 12.8 Å². The number of hydrogen-bond acceptors (Lipinski definition) is 3. The lowest BCUT2D eigenvalue weighted by Gasteiger charge is -2.29. The van der Waals surface area contributed by atoms with Crippen molar-refractivity contribution in [3.05, 3.63) is 0 Å². The molecule has 0 aliphatic carbocycles. The minimum absolute atomic E-state index is 0.393. The molecule has 0 spiro atoms. The largest absolute Gasteiger partial charge is 0.383 e. The summed E-state index contributed by atoms with van der Waals surface area (Å²) >= 11 is 0.